The lowest BCUT2D eigenvalue weighted by molar-refractivity contribution is 1.51. The van der Waals surface area contributed by atoms with Crippen LogP contribution >= 0.6 is 39.7 Å². The number of nitrogens with zero attached hydrogens (tertiary/aromatic N) is 1. The van der Waals surface area contributed by atoms with Gasteiger partial charge >= 0.3 is 0 Å². The van der Waals surface area contributed by atoms with Gasteiger partial charge in [0.1, 0.15) is 5.69 Å². The fraction of sp³-hybridized carbons (Fsp3) is 0. The Balaban J connectivity index is 3.31. The molecule has 0 aliphatic heterocycles. The van der Waals surface area contributed by atoms with Gasteiger partial charge in [0.25, 0.3) is 0 Å². The number of benzene rings is 1. The predicted molar refractivity (Wildman–Crippen MR) is 53.8 cm³/mol. The maximum Gasteiger partial charge on any atom is 0.107 e. The van der Waals surface area contributed by atoms with Gasteiger partial charge in [0, 0.05) is 4.47 Å². The first kappa shape index (κ1) is 8.88. The molecule has 0 unspecified atom stereocenters. The SMILES string of the molecule is S=C=Nc1c(Cl)cccc1Br. The molecule has 1 aromatic carbocycles. The van der Waals surface area contributed by atoms with Crippen LogP contribution in [0.4, 0.5) is 5.69 Å². The molecule has 1 aromatic rings. The Morgan fingerprint density at radius 1 is 1.55 bits per heavy atom. The molecular weight excluding hydrogens is 246 g/mol. The second-order valence-electron chi connectivity index (χ2n) is 1.77. The van der Waals surface area contributed by atoms with E-state index in [1.807, 2.05) is 12.1 Å². The Morgan fingerprint density at radius 2 is 2.27 bits per heavy atom. The molecule has 0 bridgehead atoms. The molecule has 0 atom stereocenters. The fourth-order valence-corrected chi connectivity index (χ4v) is 1.52. The van der Waals surface area contributed by atoms with Gasteiger partial charge in [0.05, 0.1) is 10.2 Å². The summed E-state index contributed by atoms with van der Waals surface area (Å²) in [6.07, 6.45) is 0. The Hall–Kier alpha value is -0.210. The molecule has 0 fully saturated rings. The maximum atomic E-state index is 5.80. The summed E-state index contributed by atoms with van der Waals surface area (Å²) in [6.45, 7) is 0. The third-order valence-corrected chi connectivity index (χ3v) is 2.13. The lowest BCUT2D eigenvalue weighted by Gasteiger charge is -1.96. The van der Waals surface area contributed by atoms with E-state index in [1.54, 1.807) is 6.07 Å². The molecular formula is C7H3BrClNS. The quantitative estimate of drug-likeness (QED) is 0.543. The summed E-state index contributed by atoms with van der Waals surface area (Å²) in [5.74, 6) is 0. The summed E-state index contributed by atoms with van der Waals surface area (Å²) in [5.41, 5.74) is 0.629. The molecule has 1 nitrogen and oxygen atoms in total. The molecule has 0 aliphatic rings. The third-order valence-electron chi connectivity index (χ3n) is 1.09. The number of para-hydroxylation sites is 1. The molecule has 0 saturated carbocycles. The zero-order valence-corrected chi connectivity index (χ0v) is 8.50. The normalized spacial score (nSPS) is 8.91. The minimum absolute atomic E-state index is 0.566. The molecule has 0 spiro atoms. The maximum absolute atomic E-state index is 5.80. The van der Waals surface area contributed by atoms with Crippen molar-refractivity contribution in [3.05, 3.63) is 27.7 Å². The van der Waals surface area contributed by atoms with Crippen LogP contribution in [0.25, 0.3) is 0 Å². The first-order valence-electron chi connectivity index (χ1n) is 2.77. The van der Waals surface area contributed by atoms with Crippen molar-refractivity contribution in [2.24, 2.45) is 4.99 Å². The van der Waals surface area contributed by atoms with E-state index < -0.39 is 0 Å². The largest absolute Gasteiger partial charge is 0.192 e. The molecule has 11 heavy (non-hydrogen) atoms. The highest BCUT2D eigenvalue weighted by atomic mass is 79.9. The second-order valence-corrected chi connectivity index (χ2v) is 3.22. The topological polar surface area (TPSA) is 12.4 Å². The molecule has 56 valence electrons. The minimum atomic E-state index is 0.566. The lowest BCUT2D eigenvalue weighted by atomic mass is 10.3. The van der Waals surface area contributed by atoms with Gasteiger partial charge in [-0.25, -0.2) is 0 Å². The average molecular weight is 249 g/mol. The number of isothiocyanates is 1. The van der Waals surface area contributed by atoms with Crippen LogP contribution in [0.15, 0.2) is 27.7 Å². The van der Waals surface area contributed by atoms with Crippen LogP contribution in [-0.4, -0.2) is 5.16 Å². The fourth-order valence-electron chi connectivity index (χ4n) is 0.641. The van der Waals surface area contributed by atoms with E-state index in [-0.39, 0.29) is 0 Å². The van der Waals surface area contributed by atoms with E-state index in [0.29, 0.717) is 10.7 Å². The van der Waals surface area contributed by atoms with Crippen LogP contribution in [0.2, 0.25) is 5.02 Å². The first-order chi connectivity index (χ1) is 5.25. The van der Waals surface area contributed by atoms with Gasteiger partial charge in [0.15, 0.2) is 0 Å². The van der Waals surface area contributed by atoms with Crippen LogP contribution in [-0.2, 0) is 0 Å². The van der Waals surface area contributed by atoms with Gasteiger partial charge in [0.2, 0.25) is 0 Å². The Morgan fingerprint density at radius 3 is 2.82 bits per heavy atom. The highest BCUT2D eigenvalue weighted by Gasteiger charge is 2.00. The molecule has 4 heteroatoms. The first-order valence-corrected chi connectivity index (χ1v) is 4.35. The smallest absolute Gasteiger partial charge is 0.107 e. The van der Waals surface area contributed by atoms with Crippen LogP contribution in [0.3, 0.4) is 0 Å². The van der Waals surface area contributed by atoms with Crippen molar-refractivity contribution in [2.45, 2.75) is 0 Å². The minimum Gasteiger partial charge on any atom is -0.192 e. The van der Waals surface area contributed by atoms with Gasteiger partial charge in [-0.3, -0.25) is 0 Å². The number of halogens is 2. The van der Waals surface area contributed by atoms with Crippen molar-refractivity contribution in [1.29, 1.82) is 0 Å². The van der Waals surface area contributed by atoms with E-state index in [0.717, 1.165) is 4.47 Å². The average Bonchev–Trinajstić information content (AvgIpc) is 1.97. The van der Waals surface area contributed by atoms with Crippen LogP contribution < -0.4 is 0 Å². The summed E-state index contributed by atoms with van der Waals surface area (Å²) < 4.78 is 0.822. The molecule has 0 aromatic heterocycles. The van der Waals surface area contributed by atoms with Gasteiger partial charge in [-0.1, -0.05) is 17.7 Å². The number of hydrogen-bond donors (Lipinski definition) is 0. The predicted octanol–water partition coefficient (Wildman–Crippen LogP) is 3.84. The van der Waals surface area contributed by atoms with Crippen molar-refractivity contribution in [3.8, 4) is 0 Å². The van der Waals surface area contributed by atoms with Gasteiger partial charge in [-0.05, 0) is 40.3 Å². The Kier molecular flexibility index (Phi) is 3.21. The lowest BCUT2D eigenvalue weighted by Crippen LogP contribution is -1.69. The van der Waals surface area contributed by atoms with Crippen LogP contribution in [0, 0.1) is 0 Å². The zero-order valence-electron chi connectivity index (χ0n) is 5.34. The summed E-state index contributed by atoms with van der Waals surface area (Å²) in [5, 5.41) is 2.83. The zero-order chi connectivity index (χ0) is 8.27. The van der Waals surface area contributed by atoms with Crippen LogP contribution in [0.1, 0.15) is 0 Å². The van der Waals surface area contributed by atoms with E-state index in [2.05, 4.69) is 38.3 Å². The van der Waals surface area contributed by atoms with E-state index >= 15 is 0 Å². The molecule has 0 N–H and O–H groups in total. The summed E-state index contributed by atoms with van der Waals surface area (Å²) in [6, 6.07) is 5.42. The van der Waals surface area contributed by atoms with Crippen molar-refractivity contribution >= 4 is 50.6 Å². The number of aliphatic imine (C=N–C) groups is 1. The van der Waals surface area contributed by atoms with E-state index in [1.165, 1.54) is 0 Å². The van der Waals surface area contributed by atoms with E-state index in [9.17, 15) is 0 Å². The molecule has 0 saturated heterocycles. The van der Waals surface area contributed by atoms with Crippen molar-refractivity contribution in [2.75, 3.05) is 0 Å². The summed E-state index contributed by atoms with van der Waals surface area (Å²) in [7, 11) is 0. The van der Waals surface area contributed by atoms with Crippen LogP contribution in [0.5, 0.6) is 0 Å². The number of thiocarbonyl (C=S) groups is 1. The molecule has 0 radical (unpaired) electrons. The summed E-state index contributed by atoms with van der Waals surface area (Å²) >= 11 is 13.5. The van der Waals surface area contributed by atoms with Crippen molar-refractivity contribution in [3.63, 3.8) is 0 Å². The third kappa shape index (κ3) is 2.11. The highest BCUT2D eigenvalue weighted by Crippen LogP contribution is 2.32. The van der Waals surface area contributed by atoms with Gasteiger partial charge in [-0.15, -0.1) is 0 Å². The monoisotopic (exact) mass is 247 g/mol. The van der Waals surface area contributed by atoms with Gasteiger partial charge < -0.3 is 0 Å². The summed E-state index contributed by atoms with van der Waals surface area (Å²) in [4.78, 5) is 3.79. The second kappa shape index (κ2) is 3.98. The highest BCUT2D eigenvalue weighted by molar-refractivity contribution is 9.10. The Labute approximate surface area is 83.2 Å². The molecule has 0 aliphatic carbocycles. The molecule has 1 rings (SSSR count). The number of hydrogen-bond acceptors (Lipinski definition) is 2. The van der Waals surface area contributed by atoms with Gasteiger partial charge in [-0.2, -0.15) is 4.99 Å². The molecule has 0 amide bonds. The van der Waals surface area contributed by atoms with Crippen molar-refractivity contribution < 1.29 is 0 Å². The standard InChI is InChI=1S/C7H3BrClNS/c8-5-2-1-3-6(9)7(5)10-4-11/h1-3H. The number of rotatable bonds is 1. The van der Waals surface area contributed by atoms with Crippen molar-refractivity contribution in [1.82, 2.24) is 0 Å². The van der Waals surface area contributed by atoms with E-state index in [4.69, 9.17) is 11.6 Å². The Bertz CT molecular complexity index is 300. The molecule has 0 heterocycles.